The average Bonchev–Trinajstić information content (AvgIpc) is 2.61. The summed E-state index contributed by atoms with van der Waals surface area (Å²) >= 11 is 6.01. The Morgan fingerprint density at radius 2 is 2.00 bits per heavy atom. The largest absolute Gasteiger partial charge is 0.390 e. The number of hydrogen-bond donors (Lipinski definition) is 2. The fourth-order valence-corrected chi connectivity index (χ4v) is 1.52. The Hall–Kier alpha value is -1.32. The monoisotopic (exact) mass is 208 g/mol. The van der Waals surface area contributed by atoms with Gasteiger partial charge in [-0.1, -0.05) is 41.9 Å². The van der Waals surface area contributed by atoms with Gasteiger partial charge in [0.15, 0.2) is 0 Å². The predicted molar refractivity (Wildman–Crippen MR) is 55.0 cm³/mol. The molecule has 0 saturated heterocycles. The molecule has 1 aromatic carbocycles. The van der Waals surface area contributed by atoms with Crippen LogP contribution in [0.15, 0.2) is 30.3 Å². The van der Waals surface area contributed by atoms with E-state index in [1.807, 2.05) is 30.3 Å². The van der Waals surface area contributed by atoms with Gasteiger partial charge in [-0.25, -0.2) is 0 Å². The van der Waals surface area contributed by atoms with Crippen molar-refractivity contribution in [1.29, 1.82) is 0 Å². The zero-order valence-electron chi connectivity index (χ0n) is 7.37. The summed E-state index contributed by atoms with van der Waals surface area (Å²) in [5, 5.41) is 16.1. The fraction of sp³-hybridized carbons (Fsp3) is 0.100. The van der Waals surface area contributed by atoms with E-state index >= 15 is 0 Å². The summed E-state index contributed by atoms with van der Waals surface area (Å²) in [6, 6.07) is 9.64. The van der Waals surface area contributed by atoms with Gasteiger partial charge in [0, 0.05) is 5.56 Å². The molecule has 4 heteroatoms. The first-order chi connectivity index (χ1) is 6.83. The molecule has 0 spiro atoms. The predicted octanol–water partition coefficient (Wildman–Crippen LogP) is 2.22. The molecule has 0 amide bonds. The second kappa shape index (κ2) is 3.82. The van der Waals surface area contributed by atoms with Gasteiger partial charge in [0.1, 0.15) is 5.69 Å². The highest BCUT2D eigenvalue weighted by atomic mass is 35.5. The first-order valence-electron chi connectivity index (χ1n) is 4.22. The number of aromatic nitrogens is 2. The highest BCUT2D eigenvalue weighted by Crippen LogP contribution is 2.27. The molecule has 14 heavy (non-hydrogen) atoms. The topological polar surface area (TPSA) is 48.9 Å². The van der Waals surface area contributed by atoms with Crippen LogP contribution < -0.4 is 0 Å². The zero-order chi connectivity index (χ0) is 9.97. The lowest BCUT2D eigenvalue weighted by Gasteiger charge is -1.96. The first kappa shape index (κ1) is 9.24. The van der Waals surface area contributed by atoms with Crippen LogP contribution in [0.4, 0.5) is 0 Å². The molecule has 0 bridgehead atoms. The molecule has 3 nitrogen and oxygen atoms in total. The summed E-state index contributed by atoms with van der Waals surface area (Å²) in [5.41, 5.74) is 2.19. The number of aromatic amines is 1. The van der Waals surface area contributed by atoms with E-state index in [0.717, 1.165) is 11.3 Å². The van der Waals surface area contributed by atoms with Crippen LogP contribution in [0.25, 0.3) is 11.3 Å². The van der Waals surface area contributed by atoms with Crippen molar-refractivity contribution in [3.8, 4) is 11.3 Å². The van der Waals surface area contributed by atoms with E-state index in [1.165, 1.54) is 0 Å². The molecule has 0 radical (unpaired) electrons. The van der Waals surface area contributed by atoms with Crippen LogP contribution >= 0.6 is 11.6 Å². The summed E-state index contributed by atoms with van der Waals surface area (Å²) in [6.45, 7) is -0.151. The van der Waals surface area contributed by atoms with Crippen LogP contribution in [0.2, 0.25) is 5.02 Å². The number of halogens is 1. The fourth-order valence-electron chi connectivity index (χ4n) is 1.27. The highest BCUT2D eigenvalue weighted by molar-refractivity contribution is 6.33. The van der Waals surface area contributed by atoms with Gasteiger partial charge in [-0.15, -0.1) is 0 Å². The molecule has 0 fully saturated rings. The van der Waals surface area contributed by atoms with Gasteiger partial charge in [0.2, 0.25) is 0 Å². The smallest absolute Gasteiger partial charge is 0.107 e. The van der Waals surface area contributed by atoms with Gasteiger partial charge in [0.05, 0.1) is 17.3 Å². The van der Waals surface area contributed by atoms with Crippen molar-refractivity contribution in [2.75, 3.05) is 0 Å². The minimum absolute atomic E-state index is 0.151. The van der Waals surface area contributed by atoms with E-state index in [1.54, 1.807) is 0 Å². The van der Waals surface area contributed by atoms with Crippen molar-refractivity contribution in [2.45, 2.75) is 6.61 Å². The summed E-state index contributed by atoms with van der Waals surface area (Å²) in [6.07, 6.45) is 0. The SMILES string of the molecule is OCc1n[nH]c(-c2ccccc2)c1Cl. The maximum Gasteiger partial charge on any atom is 0.107 e. The van der Waals surface area contributed by atoms with Crippen molar-refractivity contribution in [3.05, 3.63) is 41.0 Å². The standard InChI is InChI=1S/C10H9ClN2O/c11-9-8(6-14)12-13-10(9)7-4-2-1-3-5-7/h1-5,14H,6H2,(H,12,13). The summed E-state index contributed by atoms with van der Waals surface area (Å²) in [4.78, 5) is 0. The second-order valence-corrected chi connectivity index (χ2v) is 3.26. The van der Waals surface area contributed by atoms with Crippen LogP contribution in [0.3, 0.4) is 0 Å². The molecule has 2 N–H and O–H groups in total. The van der Waals surface area contributed by atoms with Crippen LogP contribution in [-0.4, -0.2) is 15.3 Å². The van der Waals surface area contributed by atoms with E-state index in [0.29, 0.717) is 10.7 Å². The van der Waals surface area contributed by atoms with Crippen molar-refractivity contribution < 1.29 is 5.11 Å². The number of rotatable bonds is 2. The van der Waals surface area contributed by atoms with Crippen molar-refractivity contribution >= 4 is 11.6 Å². The Bertz CT molecular complexity index is 425. The summed E-state index contributed by atoms with van der Waals surface area (Å²) in [5.74, 6) is 0. The maximum absolute atomic E-state index is 8.91. The zero-order valence-corrected chi connectivity index (χ0v) is 8.12. The molecule has 1 heterocycles. The van der Waals surface area contributed by atoms with Crippen LogP contribution in [-0.2, 0) is 6.61 Å². The average molecular weight is 209 g/mol. The quantitative estimate of drug-likeness (QED) is 0.795. The third-order valence-corrected chi connectivity index (χ3v) is 2.39. The Morgan fingerprint density at radius 1 is 1.29 bits per heavy atom. The normalized spacial score (nSPS) is 10.4. The number of nitrogens with zero attached hydrogens (tertiary/aromatic N) is 1. The van der Waals surface area contributed by atoms with Gasteiger partial charge in [-0.2, -0.15) is 5.10 Å². The number of hydrogen-bond acceptors (Lipinski definition) is 2. The molecule has 2 aromatic rings. The Balaban J connectivity index is 2.48. The van der Waals surface area contributed by atoms with Crippen LogP contribution in [0, 0.1) is 0 Å². The van der Waals surface area contributed by atoms with E-state index in [-0.39, 0.29) is 6.61 Å². The first-order valence-corrected chi connectivity index (χ1v) is 4.59. The number of aliphatic hydroxyl groups is 1. The van der Waals surface area contributed by atoms with Gasteiger partial charge in [0.25, 0.3) is 0 Å². The van der Waals surface area contributed by atoms with E-state index in [2.05, 4.69) is 10.2 Å². The molecule has 0 aliphatic heterocycles. The Morgan fingerprint density at radius 3 is 2.57 bits per heavy atom. The lowest BCUT2D eigenvalue weighted by molar-refractivity contribution is 0.277. The molecule has 0 unspecified atom stereocenters. The molecular formula is C10H9ClN2O. The number of aliphatic hydroxyl groups excluding tert-OH is 1. The van der Waals surface area contributed by atoms with Crippen molar-refractivity contribution in [2.24, 2.45) is 0 Å². The van der Waals surface area contributed by atoms with Crippen LogP contribution in [0.1, 0.15) is 5.69 Å². The summed E-state index contributed by atoms with van der Waals surface area (Å²) < 4.78 is 0. The third-order valence-electron chi connectivity index (χ3n) is 1.99. The second-order valence-electron chi connectivity index (χ2n) is 2.88. The number of benzene rings is 1. The van der Waals surface area contributed by atoms with Crippen molar-refractivity contribution in [1.82, 2.24) is 10.2 Å². The molecule has 0 aliphatic rings. The maximum atomic E-state index is 8.91. The Kier molecular flexibility index (Phi) is 2.52. The van der Waals surface area contributed by atoms with E-state index in [9.17, 15) is 0 Å². The molecule has 0 aliphatic carbocycles. The minimum Gasteiger partial charge on any atom is -0.390 e. The number of H-pyrrole nitrogens is 1. The van der Waals surface area contributed by atoms with E-state index in [4.69, 9.17) is 16.7 Å². The van der Waals surface area contributed by atoms with Gasteiger partial charge < -0.3 is 5.11 Å². The van der Waals surface area contributed by atoms with Gasteiger partial charge in [-0.05, 0) is 0 Å². The van der Waals surface area contributed by atoms with Crippen molar-refractivity contribution in [3.63, 3.8) is 0 Å². The Labute approximate surface area is 86.3 Å². The minimum atomic E-state index is -0.151. The van der Waals surface area contributed by atoms with E-state index < -0.39 is 0 Å². The molecule has 2 rings (SSSR count). The molecule has 72 valence electrons. The lowest BCUT2D eigenvalue weighted by atomic mass is 10.1. The van der Waals surface area contributed by atoms with Gasteiger partial charge in [-0.3, -0.25) is 5.10 Å². The molecular weight excluding hydrogens is 200 g/mol. The lowest BCUT2D eigenvalue weighted by Crippen LogP contribution is -1.82. The van der Waals surface area contributed by atoms with Crippen LogP contribution in [0.5, 0.6) is 0 Å². The number of nitrogens with one attached hydrogen (secondary N) is 1. The third kappa shape index (κ3) is 1.52. The molecule has 1 aromatic heterocycles. The summed E-state index contributed by atoms with van der Waals surface area (Å²) in [7, 11) is 0. The molecule has 0 saturated carbocycles. The van der Waals surface area contributed by atoms with Gasteiger partial charge >= 0.3 is 0 Å². The highest BCUT2D eigenvalue weighted by Gasteiger charge is 2.10. The molecule has 0 atom stereocenters.